The molecule has 0 saturated heterocycles. The van der Waals surface area contributed by atoms with E-state index in [0.717, 1.165) is 22.6 Å². The molecule has 37 heavy (non-hydrogen) atoms. The molecule has 1 atom stereocenters. The molecule has 2 heterocycles. The Morgan fingerprint density at radius 3 is 2.43 bits per heavy atom. The highest BCUT2D eigenvalue weighted by atomic mass is 32.1. The number of methoxy groups -OCH3 is 2. The zero-order valence-electron chi connectivity index (χ0n) is 20.8. The van der Waals surface area contributed by atoms with E-state index in [0.29, 0.717) is 20.6 Å². The second-order valence-electron chi connectivity index (χ2n) is 8.35. The predicted molar refractivity (Wildman–Crippen MR) is 136 cm³/mol. The van der Waals surface area contributed by atoms with E-state index in [2.05, 4.69) is 9.73 Å². The van der Waals surface area contributed by atoms with Crippen molar-refractivity contribution < 1.29 is 27.8 Å². The predicted octanol–water partition coefficient (Wildman–Crippen LogP) is 3.08. The molecule has 0 fully saturated rings. The van der Waals surface area contributed by atoms with Gasteiger partial charge in [-0.3, -0.25) is 9.36 Å². The fraction of sp³-hybridized carbons (Fsp3) is 0.269. The summed E-state index contributed by atoms with van der Waals surface area (Å²) in [5, 5.41) is 0. The molecule has 0 aliphatic carbocycles. The van der Waals surface area contributed by atoms with Gasteiger partial charge in [-0.15, -0.1) is 0 Å². The normalized spacial score (nSPS) is 15.4. The lowest BCUT2D eigenvalue weighted by atomic mass is 9.95. The van der Waals surface area contributed by atoms with E-state index in [1.165, 1.54) is 30.9 Å². The average molecular weight is 530 g/mol. The average Bonchev–Trinajstić information content (AvgIpc) is 3.17. The van der Waals surface area contributed by atoms with Crippen LogP contribution in [0.15, 0.2) is 63.5 Å². The Morgan fingerprint density at radius 2 is 1.84 bits per heavy atom. The first-order valence-corrected chi connectivity index (χ1v) is 12.0. The van der Waals surface area contributed by atoms with Gasteiger partial charge in [-0.05, 0) is 48.4 Å². The summed E-state index contributed by atoms with van der Waals surface area (Å²) in [6.45, 7) is -1.29. The number of fused-ring (bicyclic) bond motifs is 1. The summed E-state index contributed by atoms with van der Waals surface area (Å²) < 4.78 is 41.8. The van der Waals surface area contributed by atoms with Crippen LogP contribution in [0, 0.1) is 0 Å². The molecule has 0 spiro atoms. The Kier molecular flexibility index (Phi) is 7.44. The van der Waals surface area contributed by atoms with Crippen LogP contribution in [0.1, 0.15) is 24.1 Å². The summed E-state index contributed by atoms with van der Waals surface area (Å²) in [6, 6.07) is 11.2. The maximum absolute atomic E-state index is 13.7. The first kappa shape index (κ1) is 26.1. The van der Waals surface area contributed by atoms with Crippen LogP contribution < -0.4 is 29.3 Å². The highest BCUT2D eigenvalue weighted by molar-refractivity contribution is 7.07. The Balaban J connectivity index is 1.88. The minimum Gasteiger partial charge on any atom is -0.493 e. The lowest BCUT2D eigenvalue weighted by molar-refractivity contribution is -0.136. The molecule has 4 rings (SSSR count). The van der Waals surface area contributed by atoms with Crippen LogP contribution in [0.4, 0.5) is 14.5 Å². The number of rotatable bonds is 7. The molecular weight excluding hydrogens is 504 g/mol. The SMILES string of the molecule is COC(=O)C1=C(C)N=c2s/c(=C/c3ccc(OC(F)F)c(OC)c3)c(=O)n2[C@@H]1c1ccc(N(C)C)cc1. The minimum atomic E-state index is -3.00. The van der Waals surface area contributed by atoms with Crippen LogP contribution in [0.25, 0.3) is 6.08 Å². The molecule has 194 valence electrons. The minimum absolute atomic E-state index is 0.101. The number of aromatic nitrogens is 1. The smallest absolute Gasteiger partial charge is 0.387 e. The van der Waals surface area contributed by atoms with Gasteiger partial charge < -0.3 is 19.1 Å². The number of ether oxygens (including phenoxy) is 3. The molecule has 0 N–H and O–H groups in total. The Hall–Kier alpha value is -3.99. The fourth-order valence-corrected chi connectivity index (χ4v) is 5.13. The number of carbonyl (C=O) groups excluding carboxylic acids is 1. The van der Waals surface area contributed by atoms with Gasteiger partial charge in [-0.1, -0.05) is 29.5 Å². The summed E-state index contributed by atoms with van der Waals surface area (Å²) >= 11 is 1.16. The van der Waals surface area contributed by atoms with Crippen LogP contribution in [0.3, 0.4) is 0 Å². The molecule has 0 saturated carbocycles. The topological polar surface area (TPSA) is 82.4 Å². The Morgan fingerprint density at radius 1 is 1.14 bits per heavy atom. The zero-order valence-corrected chi connectivity index (χ0v) is 21.6. The number of esters is 1. The summed E-state index contributed by atoms with van der Waals surface area (Å²) in [5.74, 6) is -0.586. The van der Waals surface area contributed by atoms with Crippen molar-refractivity contribution in [2.75, 3.05) is 33.2 Å². The number of hydrogen-bond donors (Lipinski definition) is 0. The number of thiazole rings is 1. The molecule has 2 aromatic carbocycles. The van der Waals surface area contributed by atoms with Gasteiger partial charge in [0.15, 0.2) is 16.3 Å². The third-order valence-electron chi connectivity index (χ3n) is 5.85. The number of alkyl halides is 2. The van der Waals surface area contributed by atoms with E-state index in [4.69, 9.17) is 9.47 Å². The first-order chi connectivity index (χ1) is 17.6. The van der Waals surface area contributed by atoms with E-state index < -0.39 is 18.6 Å². The molecule has 8 nitrogen and oxygen atoms in total. The third-order valence-corrected chi connectivity index (χ3v) is 6.84. The highest BCUT2D eigenvalue weighted by Gasteiger charge is 2.33. The number of anilines is 1. The molecule has 1 aromatic heterocycles. The number of halogens is 2. The van der Waals surface area contributed by atoms with Crippen LogP contribution in [-0.2, 0) is 9.53 Å². The lowest BCUT2D eigenvalue weighted by Crippen LogP contribution is -2.39. The van der Waals surface area contributed by atoms with Crippen LogP contribution in [0.5, 0.6) is 11.5 Å². The third kappa shape index (κ3) is 5.12. The summed E-state index contributed by atoms with van der Waals surface area (Å²) in [7, 11) is 6.46. The molecule has 0 unspecified atom stereocenters. The number of carbonyl (C=O) groups is 1. The molecule has 11 heteroatoms. The van der Waals surface area contributed by atoms with Crippen molar-refractivity contribution in [3.8, 4) is 11.5 Å². The zero-order chi connectivity index (χ0) is 26.9. The standard InChI is InChI=1S/C26H25F2N3O5S/c1-14-21(24(33)35-5)22(16-7-9-17(10-8-16)30(2)3)31-23(32)20(37-26(31)29-14)13-15-6-11-18(36-25(27)28)19(12-15)34-4/h6-13,22,25H,1-5H3/b20-13+/t22-/m1/s1. The van der Waals surface area contributed by atoms with Crippen LogP contribution in [-0.4, -0.2) is 45.5 Å². The summed E-state index contributed by atoms with van der Waals surface area (Å²) in [5.41, 5.74) is 2.60. The summed E-state index contributed by atoms with van der Waals surface area (Å²) in [6.07, 6.45) is 1.61. The van der Waals surface area contributed by atoms with Gasteiger partial charge in [0.2, 0.25) is 0 Å². The second-order valence-corrected chi connectivity index (χ2v) is 9.36. The molecule has 0 amide bonds. The number of nitrogens with zero attached hydrogens (tertiary/aromatic N) is 3. The van der Waals surface area contributed by atoms with E-state index in [1.807, 2.05) is 43.3 Å². The highest BCUT2D eigenvalue weighted by Crippen LogP contribution is 2.32. The molecule has 0 bridgehead atoms. The van der Waals surface area contributed by atoms with Crippen molar-refractivity contribution in [3.05, 3.63) is 84.5 Å². The van der Waals surface area contributed by atoms with Crippen molar-refractivity contribution in [1.29, 1.82) is 0 Å². The molecule has 1 aliphatic heterocycles. The quantitative estimate of drug-likeness (QED) is 0.438. The van der Waals surface area contributed by atoms with Gasteiger partial charge in [0.25, 0.3) is 5.56 Å². The van der Waals surface area contributed by atoms with E-state index in [-0.39, 0.29) is 22.6 Å². The monoisotopic (exact) mass is 529 g/mol. The van der Waals surface area contributed by atoms with E-state index >= 15 is 0 Å². The largest absolute Gasteiger partial charge is 0.493 e. The number of benzene rings is 2. The van der Waals surface area contributed by atoms with Gasteiger partial charge in [0.1, 0.15) is 0 Å². The summed E-state index contributed by atoms with van der Waals surface area (Å²) in [4.78, 5) is 33.3. The second kappa shape index (κ2) is 10.6. The van der Waals surface area contributed by atoms with E-state index in [9.17, 15) is 18.4 Å². The fourth-order valence-electron chi connectivity index (χ4n) is 4.08. The maximum Gasteiger partial charge on any atom is 0.387 e. The molecule has 0 radical (unpaired) electrons. The molecule has 3 aromatic rings. The van der Waals surface area contributed by atoms with Crippen LogP contribution >= 0.6 is 11.3 Å². The van der Waals surface area contributed by atoms with Crippen molar-refractivity contribution in [3.63, 3.8) is 0 Å². The maximum atomic E-state index is 13.7. The van der Waals surface area contributed by atoms with Gasteiger partial charge in [-0.25, -0.2) is 9.79 Å². The Labute approximate surface area is 215 Å². The lowest BCUT2D eigenvalue weighted by Gasteiger charge is -2.25. The number of allylic oxidation sites excluding steroid dienone is 1. The first-order valence-electron chi connectivity index (χ1n) is 11.2. The van der Waals surface area contributed by atoms with E-state index in [1.54, 1.807) is 19.1 Å². The van der Waals surface area contributed by atoms with Crippen LogP contribution in [0.2, 0.25) is 0 Å². The van der Waals surface area contributed by atoms with Crippen molar-refractivity contribution in [2.45, 2.75) is 19.6 Å². The van der Waals surface area contributed by atoms with Crippen molar-refractivity contribution in [1.82, 2.24) is 4.57 Å². The molecular formula is C26H25F2N3O5S. The van der Waals surface area contributed by atoms with Gasteiger partial charge in [0, 0.05) is 19.8 Å². The Bertz CT molecular complexity index is 1540. The number of hydrogen-bond acceptors (Lipinski definition) is 8. The van der Waals surface area contributed by atoms with Crippen molar-refractivity contribution >= 4 is 29.1 Å². The molecule has 1 aliphatic rings. The van der Waals surface area contributed by atoms with Crippen molar-refractivity contribution in [2.24, 2.45) is 4.99 Å². The van der Waals surface area contributed by atoms with Gasteiger partial charge >= 0.3 is 12.6 Å². The van der Waals surface area contributed by atoms with Gasteiger partial charge in [-0.2, -0.15) is 8.78 Å². The van der Waals surface area contributed by atoms with Gasteiger partial charge in [0.05, 0.1) is 36.1 Å².